The van der Waals surface area contributed by atoms with Crippen LogP contribution >= 0.6 is 12.4 Å². The molecule has 27 heavy (non-hydrogen) atoms. The summed E-state index contributed by atoms with van der Waals surface area (Å²) in [4.78, 5) is 28.6. The van der Waals surface area contributed by atoms with Gasteiger partial charge in [-0.1, -0.05) is 6.07 Å². The maximum atomic E-state index is 13.3. The predicted molar refractivity (Wildman–Crippen MR) is 99.5 cm³/mol. The van der Waals surface area contributed by atoms with Gasteiger partial charge in [0.15, 0.2) is 5.69 Å². The Hall–Kier alpha value is -2.45. The number of nitrogens with one attached hydrogen (secondary N) is 2. The van der Waals surface area contributed by atoms with E-state index in [0.29, 0.717) is 44.0 Å². The number of carbonyl (C=O) groups excluding carboxylic acids is 2. The minimum atomic E-state index is -0.429. The van der Waals surface area contributed by atoms with Gasteiger partial charge in [0.25, 0.3) is 11.8 Å². The highest BCUT2D eigenvalue weighted by molar-refractivity contribution is 5.96. The van der Waals surface area contributed by atoms with Gasteiger partial charge in [-0.2, -0.15) is 5.10 Å². The van der Waals surface area contributed by atoms with Crippen LogP contribution in [0.3, 0.4) is 0 Å². The van der Waals surface area contributed by atoms with Crippen LogP contribution in [0.5, 0.6) is 0 Å². The van der Waals surface area contributed by atoms with Crippen molar-refractivity contribution in [1.82, 2.24) is 25.3 Å². The molecule has 3 heterocycles. The molecule has 144 valence electrons. The maximum Gasteiger partial charge on any atom is 0.274 e. The van der Waals surface area contributed by atoms with Crippen LogP contribution < -0.4 is 5.32 Å². The summed E-state index contributed by atoms with van der Waals surface area (Å²) in [5, 5.41) is 10.4. The lowest BCUT2D eigenvalue weighted by Gasteiger charge is -2.34. The van der Waals surface area contributed by atoms with Gasteiger partial charge in [0.2, 0.25) is 0 Å². The molecule has 0 aliphatic carbocycles. The molecule has 1 aromatic carbocycles. The number of amides is 2. The Morgan fingerprint density at radius 3 is 2.48 bits per heavy atom. The van der Waals surface area contributed by atoms with E-state index < -0.39 is 5.82 Å². The summed E-state index contributed by atoms with van der Waals surface area (Å²) in [6, 6.07) is 5.68. The zero-order chi connectivity index (χ0) is 18.1. The summed E-state index contributed by atoms with van der Waals surface area (Å²) < 4.78 is 13.3. The topological polar surface area (TPSA) is 81.3 Å². The van der Waals surface area contributed by atoms with Gasteiger partial charge >= 0.3 is 0 Å². The number of rotatable bonds is 2. The lowest BCUT2D eigenvalue weighted by molar-refractivity contribution is 0.0531. The molecule has 9 heteroatoms. The van der Waals surface area contributed by atoms with E-state index in [-0.39, 0.29) is 24.2 Å². The normalized spacial score (nSPS) is 16.5. The number of hydrogen-bond donors (Lipinski definition) is 2. The molecule has 2 aliphatic heterocycles. The van der Waals surface area contributed by atoms with Crippen LogP contribution in [0.25, 0.3) is 0 Å². The number of hydrogen-bond acceptors (Lipinski definition) is 4. The number of aromatic nitrogens is 2. The lowest BCUT2D eigenvalue weighted by Crippen LogP contribution is -2.50. The van der Waals surface area contributed by atoms with E-state index >= 15 is 0 Å². The van der Waals surface area contributed by atoms with Gasteiger partial charge in [0.05, 0.1) is 0 Å². The Morgan fingerprint density at radius 1 is 1.07 bits per heavy atom. The summed E-state index contributed by atoms with van der Waals surface area (Å²) >= 11 is 0. The number of nitrogens with zero attached hydrogens (tertiary/aromatic N) is 3. The molecule has 7 nitrogen and oxygen atoms in total. The molecule has 0 spiro atoms. The predicted octanol–water partition coefficient (Wildman–Crippen LogP) is 1.21. The van der Waals surface area contributed by atoms with Crippen LogP contribution in [0.4, 0.5) is 4.39 Å². The fourth-order valence-corrected chi connectivity index (χ4v) is 3.47. The van der Waals surface area contributed by atoms with E-state index in [0.717, 1.165) is 24.2 Å². The molecular weight excluding hydrogens is 373 g/mol. The van der Waals surface area contributed by atoms with Crippen molar-refractivity contribution in [3.8, 4) is 0 Å². The molecule has 1 saturated heterocycles. The molecule has 1 aromatic heterocycles. The first-order chi connectivity index (χ1) is 12.6. The van der Waals surface area contributed by atoms with Gasteiger partial charge in [0.1, 0.15) is 5.82 Å². The molecule has 2 aromatic rings. The van der Waals surface area contributed by atoms with E-state index in [1.165, 1.54) is 18.2 Å². The SMILES string of the molecule is Cl.O=C(c1cccc(F)c1)N1CCN(C(=O)c2n[nH]c3c2CNCC3)CC1. The molecule has 2 N–H and O–H groups in total. The molecule has 4 rings (SSSR count). The van der Waals surface area contributed by atoms with Gasteiger partial charge in [-0.25, -0.2) is 4.39 Å². The minimum absolute atomic E-state index is 0. The minimum Gasteiger partial charge on any atom is -0.335 e. The monoisotopic (exact) mass is 393 g/mol. The molecule has 0 bridgehead atoms. The van der Waals surface area contributed by atoms with Gasteiger partial charge in [0, 0.05) is 62.5 Å². The standard InChI is InChI=1S/C18H20FN5O2.ClH/c19-13-3-1-2-12(10-13)17(25)23-6-8-24(9-7-23)18(26)16-14-11-20-5-4-15(14)21-22-16;/h1-3,10,20H,4-9,11H2,(H,21,22);1H. The summed E-state index contributed by atoms with van der Waals surface area (Å²) in [7, 11) is 0. The van der Waals surface area contributed by atoms with E-state index in [4.69, 9.17) is 0 Å². The number of fused-ring (bicyclic) bond motifs is 1. The molecule has 2 aliphatic rings. The Balaban J connectivity index is 0.00000210. The zero-order valence-corrected chi connectivity index (χ0v) is 15.5. The van der Waals surface area contributed by atoms with Gasteiger partial charge in [-0.15, -0.1) is 12.4 Å². The summed E-state index contributed by atoms with van der Waals surface area (Å²) in [5.41, 5.74) is 2.76. The van der Waals surface area contributed by atoms with E-state index in [9.17, 15) is 14.0 Å². The molecule has 0 unspecified atom stereocenters. The fourth-order valence-electron chi connectivity index (χ4n) is 3.47. The molecule has 0 radical (unpaired) electrons. The zero-order valence-electron chi connectivity index (χ0n) is 14.7. The fraction of sp³-hybridized carbons (Fsp3) is 0.389. The number of aromatic amines is 1. The summed E-state index contributed by atoms with van der Waals surface area (Å²) in [6.07, 6.45) is 0.839. The van der Waals surface area contributed by atoms with Crippen LogP contribution in [0, 0.1) is 5.82 Å². The quantitative estimate of drug-likeness (QED) is 0.803. The average Bonchev–Trinajstić information content (AvgIpc) is 3.11. The molecular formula is C18H21ClFN5O2. The van der Waals surface area contributed by atoms with Crippen molar-refractivity contribution in [2.45, 2.75) is 13.0 Å². The second-order valence-corrected chi connectivity index (χ2v) is 6.55. The van der Waals surface area contributed by atoms with Gasteiger partial charge in [-0.3, -0.25) is 14.7 Å². The Morgan fingerprint density at radius 2 is 1.78 bits per heavy atom. The van der Waals surface area contributed by atoms with Crippen molar-refractivity contribution in [1.29, 1.82) is 0 Å². The number of H-pyrrole nitrogens is 1. The third-order valence-electron chi connectivity index (χ3n) is 4.93. The first-order valence-electron chi connectivity index (χ1n) is 8.74. The van der Waals surface area contributed by atoms with Crippen molar-refractivity contribution >= 4 is 24.2 Å². The second kappa shape index (κ2) is 8.06. The number of benzene rings is 1. The Labute approximate surface area is 162 Å². The Kier molecular flexibility index (Phi) is 5.76. The van der Waals surface area contributed by atoms with Gasteiger partial charge < -0.3 is 15.1 Å². The van der Waals surface area contributed by atoms with E-state index in [1.807, 2.05) is 0 Å². The Bertz CT molecular complexity index is 848. The van der Waals surface area contributed by atoms with E-state index in [2.05, 4.69) is 15.5 Å². The first-order valence-corrected chi connectivity index (χ1v) is 8.74. The molecule has 1 fully saturated rings. The van der Waals surface area contributed by atoms with Crippen LogP contribution in [0.15, 0.2) is 24.3 Å². The summed E-state index contributed by atoms with van der Waals surface area (Å²) in [5.74, 6) is -0.747. The van der Waals surface area contributed by atoms with Gasteiger partial charge in [-0.05, 0) is 18.2 Å². The molecule has 0 saturated carbocycles. The second-order valence-electron chi connectivity index (χ2n) is 6.55. The number of carbonyl (C=O) groups is 2. The van der Waals surface area contributed by atoms with Crippen molar-refractivity contribution < 1.29 is 14.0 Å². The number of piperazine rings is 1. The van der Waals surface area contributed by atoms with Crippen molar-refractivity contribution in [2.75, 3.05) is 32.7 Å². The highest BCUT2D eigenvalue weighted by atomic mass is 35.5. The third-order valence-corrected chi connectivity index (χ3v) is 4.93. The van der Waals surface area contributed by atoms with Crippen LogP contribution in [0.1, 0.15) is 32.1 Å². The van der Waals surface area contributed by atoms with Crippen LogP contribution in [0.2, 0.25) is 0 Å². The largest absolute Gasteiger partial charge is 0.335 e. The molecule has 2 amide bonds. The number of halogens is 2. The summed E-state index contributed by atoms with van der Waals surface area (Å²) in [6.45, 7) is 3.25. The van der Waals surface area contributed by atoms with Crippen LogP contribution in [-0.4, -0.2) is 64.5 Å². The third kappa shape index (κ3) is 3.81. The van der Waals surface area contributed by atoms with Crippen molar-refractivity contribution in [3.05, 3.63) is 52.6 Å². The lowest BCUT2D eigenvalue weighted by atomic mass is 10.1. The van der Waals surface area contributed by atoms with Crippen molar-refractivity contribution in [3.63, 3.8) is 0 Å². The van der Waals surface area contributed by atoms with E-state index in [1.54, 1.807) is 15.9 Å². The first kappa shape index (κ1) is 19.3. The maximum absolute atomic E-state index is 13.3. The average molecular weight is 394 g/mol. The smallest absolute Gasteiger partial charge is 0.274 e. The highest BCUT2D eigenvalue weighted by Crippen LogP contribution is 2.18. The van der Waals surface area contributed by atoms with Crippen LogP contribution in [-0.2, 0) is 13.0 Å². The molecule has 0 atom stereocenters. The van der Waals surface area contributed by atoms with Crippen molar-refractivity contribution in [2.24, 2.45) is 0 Å². The highest BCUT2D eigenvalue weighted by Gasteiger charge is 2.29.